The van der Waals surface area contributed by atoms with Crippen molar-refractivity contribution in [1.29, 1.82) is 0 Å². The molecular weight excluding hydrogens is 292 g/mol. The second kappa shape index (κ2) is 7.10. The Morgan fingerprint density at radius 2 is 2.26 bits per heavy atom. The van der Waals surface area contributed by atoms with Gasteiger partial charge < -0.3 is 9.84 Å². The number of likely N-dealkylation sites (tertiary alicyclic amines) is 1. The minimum atomic E-state index is -0.311. The van der Waals surface area contributed by atoms with Crippen molar-refractivity contribution in [3.05, 3.63) is 42.0 Å². The number of aliphatic hydroxyl groups excluding tert-OH is 1. The van der Waals surface area contributed by atoms with Gasteiger partial charge in [0.25, 0.3) is 0 Å². The summed E-state index contributed by atoms with van der Waals surface area (Å²) in [5.41, 5.74) is 1.17. The molecule has 0 amide bonds. The Bertz CT molecular complexity index is 643. The molecule has 1 aliphatic rings. The van der Waals surface area contributed by atoms with Gasteiger partial charge in [-0.15, -0.1) is 0 Å². The molecule has 3 rings (SSSR count). The number of hydrogen-bond acceptors (Lipinski definition) is 5. The van der Waals surface area contributed by atoms with Crippen LogP contribution in [0.4, 0.5) is 0 Å². The Morgan fingerprint density at radius 1 is 1.39 bits per heavy atom. The summed E-state index contributed by atoms with van der Waals surface area (Å²) in [5.74, 6) is 1.80. The smallest absolute Gasteiger partial charge is 0.141 e. The predicted octanol–water partition coefficient (Wildman–Crippen LogP) is 2.00. The third-order valence-corrected chi connectivity index (χ3v) is 4.34. The maximum absolute atomic E-state index is 10.1. The number of benzene rings is 1. The van der Waals surface area contributed by atoms with E-state index in [4.69, 9.17) is 4.74 Å². The van der Waals surface area contributed by atoms with Crippen LogP contribution in [0.1, 0.15) is 37.2 Å². The predicted molar refractivity (Wildman–Crippen MR) is 87.1 cm³/mol. The summed E-state index contributed by atoms with van der Waals surface area (Å²) in [6.45, 7) is 4.35. The molecular formula is C17H24N4O2. The molecule has 23 heavy (non-hydrogen) atoms. The van der Waals surface area contributed by atoms with Crippen LogP contribution in [-0.4, -0.2) is 44.5 Å². The third-order valence-electron chi connectivity index (χ3n) is 4.34. The maximum Gasteiger partial charge on any atom is 0.141 e. The zero-order chi connectivity index (χ0) is 16.2. The number of aromatic nitrogens is 3. The van der Waals surface area contributed by atoms with Gasteiger partial charge in [0.1, 0.15) is 17.9 Å². The SMILES string of the molecule is CCCn1ncnc1CN1C[C@H](O)C[C@@H]1c1cccc(OC)c1. The fourth-order valence-electron chi connectivity index (χ4n) is 3.24. The van der Waals surface area contributed by atoms with E-state index in [0.717, 1.165) is 31.0 Å². The van der Waals surface area contributed by atoms with Crippen LogP contribution < -0.4 is 4.74 Å². The zero-order valence-corrected chi connectivity index (χ0v) is 13.7. The molecule has 2 heterocycles. The van der Waals surface area contributed by atoms with E-state index >= 15 is 0 Å². The second-order valence-electron chi connectivity index (χ2n) is 6.01. The molecule has 1 fully saturated rings. The first kappa shape index (κ1) is 16.0. The number of β-amino-alcohol motifs (C(OH)–C–C–N with tert-alkyl or cyclic N) is 1. The van der Waals surface area contributed by atoms with Gasteiger partial charge in [-0.3, -0.25) is 4.90 Å². The molecule has 6 nitrogen and oxygen atoms in total. The molecule has 0 saturated carbocycles. The maximum atomic E-state index is 10.1. The summed E-state index contributed by atoms with van der Waals surface area (Å²) in [6.07, 6.45) is 3.06. The van der Waals surface area contributed by atoms with Gasteiger partial charge in [-0.25, -0.2) is 9.67 Å². The lowest BCUT2D eigenvalue weighted by atomic mass is 10.0. The van der Waals surface area contributed by atoms with E-state index in [1.807, 2.05) is 22.9 Å². The van der Waals surface area contributed by atoms with Crippen LogP contribution in [0.2, 0.25) is 0 Å². The minimum Gasteiger partial charge on any atom is -0.497 e. The van der Waals surface area contributed by atoms with Crippen LogP contribution in [-0.2, 0) is 13.1 Å². The molecule has 1 aromatic carbocycles. The van der Waals surface area contributed by atoms with Crippen molar-refractivity contribution in [2.75, 3.05) is 13.7 Å². The number of ether oxygens (including phenoxy) is 1. The molecule has 0 unspecified atom stereocenters. The highest BCUT2D eigenvalue weighted by molar-refractivity contribution is 5.31. The van der Waals surface area contributed by atoms with E-state index in [1.54, 1.807) is 13.4 Å². The Morgan fingerprint density at radius 3 is 3.04 bits per heavy atom. The van der Waals surface area contributed by atoms with Crippen LogP contribution in [0.3, 0.4) is 0 Å². The summed E-state index contributed by atoms with van der Waals surface area (Å²) in [6, 6.07) is 8.25. The topological polar surface area (TPSA) is 63.4 Å². The summed E-state index contributed by atoms with van der Waals surface area (Å²) < 4.78 is 7.28. The molecule has 6 heteroatoms. The first-order valence-electron chi connectivity index (χ1n) is 8.14. The van der Waals surface area contributed by atoms with Gasteiger partial charge in [-0.1, -0.05) is 19.1 Å². The highest BCUT2D eigenvalue weighted by Gasteiger charge is 2.33. The quantitative estimate of drug-likeness (QED) is 0.883. The van der Waals surface area contributed by atoms with Crippen molar-refractivity contribution >= 4 is 0 Å². The Kier molecular flexibility index (Phi) is 4.93. The van der Waals surface area contributed by atoms with Gasteiger partial charge in [0.05, 0.1) is 19.8 Å². The molecule has 1 aliphatic heterocycles. The first-order valence-corrected chi connectivity index (χ1v) is 8.14. The average molecular weight is 316 g/mol. The molecule has 0 bridgehead atoms. The Hall–Kier alpha value is -1.92. The molecule has 0 radical (unpaired) electrons. The van der Waals surface area contributed by atoms with Gasteiger partial charge in [0.15, 0.2) is 0 Å². The number of methoxy groups -OCH3 is 1. The summed E-state index contributed by atoms with van der Waals surface area (Å²) in [4.78, 5) is 6.66. The van der Waals surface area contributed by atoms with Crippen LogP contribution in [0, 0.1) is 0 Å². The summed E-state index contributed by atoms with van der Waals surface area (Å²) >= 11 is 0. The van der Waals surface area contributed by atoms with E-state index in [-0.39, 0.29) is 12.1 Å². The molecule has 1 saturated heterocycles. The van der Waals surface area contributed by atoms with Gasteiger partial charge in [0.2, 0.25) is 0 Å². The van der Waals surface area contributed by atoms with Gasteiger partial charge in [0, 0.05) is 19.1 Å². The molecule has 1 N–H and O–H groups in total. The normalized spacial score (nSPS) is 21.7. The first-order chi connectivity index (χ1) is 11.2. The van der Waals surface area contributed by atoms with Crippen LogP contribution in [0.15, 0.2) is 30.6 Å². The highest BCUT2D eigenvalue weighted by Crippen LogP contribution is 2.34. The van der Waals surface area contributed by atoms with E-state index < -0.39 is 0 Å². The Labute approximate surface area is 136 Å². The summed E-state index contributed by atoms with van der Waals surface area (Å²) in [5, 5.41) is 14.4. The fraction of sp³-hybridized carbons (Fsp3) is 0.529. The Balaban J connectivity index is 1.80. The lowest BCUT2D eigenvalue weighted by molar-refractivity contribution is 0.170. The third kappa shape index (κ3) is 3.54. The molecule has 1 aromatic heterocycles. The van der Waals surface area contributed by atoms with Gasteiger partial charge >= 0.3 is 0 Å². The van der Waals surface area contributed by atoms with Crippen molar-refractivity contribution < 1.29 is 9.84 Å². The molecule has 2 atom stereocenters. The van der Waals surface area contributed by atoms with Crippen molar-refractivity contribution in [3.8, 4) is 5.75 Å². The van der Waals surface area contributed by atoms with Crippen molar-refractivity contribution in [1.82, 2.24) is 19.7 Å². The van der Waals surface area contributed by atoms with Crippen LogP contribution in [0.5, 0.6) is 5.75 Å². The number of nitrogens with zero attached hydrogens (tertiary/aromatic N) is 4. The van der Waals surface area contributed by atoms with Crippen LogP contribution >= 0.6 is 0 Å². The standard InChI is InChI=1S/C17H24N4O2/c1-3-7-21-17(18-12-19-21)11-20-10-14(22)9-16(20)13-5-4-6-15(8-13)23-2/h4-6,8,12,14,16,22H,3,7,9-11H2,1-2H3/t14-,16-/m1/s1. The van der Waals surface area contributed by atoms with Gasteiger partial charge in [-0.2, -0.15) is 5.10 Å². The lowest BCUT2D eigenvalue weighted by Gasteiger charge is -2.24. The summed E-state index contributed by atoms with van der Waals surface area (Å²) in [7, 11) is 1.67. The van der Waals surface area contributed by atoms with E-state index in [2.05, 4.69) is 28.0 Å². The van der Waals surface area contributed by atoms with Crippen molar-refractivity contribution in [2.45, 2.75) is 45.0 Å². The number of hydrogen-bond donors (Lipinski definition) is 1. The van der Waals surface area contributed by atoms with E-state index in [1.165, 1.54) is 5.56 Å². The van der Waals surface area contributed by atoms with Gasteiger partial charge in [-0.05, 0) is 30.5 Å². The number of rotatable bonds is 6. The molecule has 124 valence electrons. The van der Waals surface area contributed by atoms with E-state index in [0.29, 0.717) is 13.1 Å². The highest BCUT2D eigenvalue weighted by atomic mass is 16.5. The van der Waals surface area contributed by atoms with Crippen molar-refractivity contribution in [2.24, 2.45) is 0 Å². The average Bonchev–Trinajstić information content (AvgIpc) is 3.15. The number of aliphatic hydroxyl groups is 1. The number of aryl methyl sites for hydroxylation is 1. The molecule has 0 spiro atoms. The van der Waals surface area contributed by atoms with E-state index in [9.17, 15) is 5.11 Å². The van der Waals surface area contributed by atoms with Crippen molar-refractivity contribution in [3.63, 3.8) is 0 Å². The molecule has 0 aliphatic carbocycles. The second-order valence-corrected chi connectivity index (χ2v) is 6.01. The molecule has 2 aromatic rings. The lowest BCUT2D eigenvalue weighted by Crippen LogP contribution is -2.26. The largest absolute Gasteiger partial charge is 0.497 e. The van der Waals surface area contributed by atoms with Crippen LogP contribution in [0.25, 0.3) is 0 Å². The fourth-order valence-corrected chi connectivity index (χ4v) is 3.24. The minimum absolute atomic E-state index is 0.173. The zero-order valence-electron chi connectivity index (χ0n) is 13.7. The monoisotopic (exact) mass is 316 g/mol.